The highest BCUT2D eigenvalue weighted by atomic mass is 19.1. The second-order valence-corrected chi connectivity index (χ2v) is 7.64. The number of halogens is 1. The molecule has 0 spiro atoms. The molecule has 28 heavy (non-hydrogen) atoms. The third-order valence-corrected chi connectivity index (χ3v) is 5.66. The Kier molecular flexibility index (Phi) is 5.44. The lowest BCUT2D eigenvalue weighted by molar-refractivity contribution is -0.918. The summed E-state index contributed by atoms with van der Waals surface area (Å²) >= 11 is 0. The Morgan fingerprint density at radius 1 is 1.11 bits per heavy atom. The van der Waals surface area contributed by atoms with Gasteiger partial charge in [0.25, 0.3) is 5.91 Å². The second-order valence-electron chi connectivity index (χ2n) is 7.64. The number of nitrogens with one attached hydrogen (secondary N) is 2. The summed E-state index contributed by atoms with van der Waals surface area (Å²) in [6.45, 7) is 5.67. The van der Waals surface area contributed by atoms with E-state index < -0.39 is 0 Å². The first kappa shape index (κ1) is 18.7. The number of aryl methyl sites for hydroxylation is 1. The maximum absolute atomic E-state index is 13.5. The Balaban J connectivity index is 1.47. The van der Waals surface area contributed by atoms with Crippen molar-refractivity contribution in [2.45, 2.75) is 39.3 Å². The van der Waals surface area contributed by atoms with Gasteiger partial charge in [-0.3, -0.25) is 4.79 Å². The van der Waals surface area contributed by atoms with Gasteiger partial charge in [-0.05, 0) is 49.9 Å². The van der Waals surface area contributed by atoms with Gasteiger partial charge in [-0.15, -0.1) is 0 Å². The number of likely N-dealkylation sites (tertiary alicyclic amines) is 1. The molecule has 3 aromatic rings. The molecule has 1 amide bonds. The van der Waals surface area contributed by atoms with Gasteiger partial charge >= 0.3 is 0 Å². The third kappa shape index (κ3) is 3.94. The second kappa shape index (κ2) is 8.15. The molecule has 1 saturated heterocycles. The molecule has 0 atom stereocenters. The van der Waals surface area contributed by atoms with Gasteiger partial charge in [-0.2, -0.15) is 0 Å². The smallest absolute Gasteiger partial charge is 0.287 e. The molecule has 4 rings (SSSR count). The van der Waals surface area contributed by atoms with Gasteiger partial charge in [0, 0.05) is 23.1 Å². The first-order valence-corrected chi connectivity index (χ1v) is 9.99. The highest BCUT2D eigenvalue weighted by Crippen LogP contribution is 2.26. The molecular formula is C23H26FN2O2+. The van der Waals surface area contributed by atoms with Gasteiger partial charge in [-0.25, -0.2) is 4.39 Å². The van der Waals surface area contributed by atoms with Crippen LogP contribution >= 0.6 is 0 Å². The van der Waals surface area contributed by atoms with E-state index in [1.807, 2.05) is 6.07 Å². The number of rotatable bonds is 5. The van der Waals surface area contributed by atoms with Gasteiger partial charge in [-0.1, -0.05) is 24.3 Å². The number of hydrogen-bond donors (Lipinski definition) is 2. The average molecular weight is 381 g/mol. The maximum atomic E-state index is 13.5. The molecule has 0 aliphatic carbocycles. The van der Waals surface area contributed by atoms with Gasteiger partial charge in [0.2, 0.25) is 0 Å². The number of quaternary nitrogens is 1. The SMILES string of the molecule is Cc1c(C(=O)NCc2ccccc2C[NH+]2CCCCC2)oc2ccc(F)cc12. The van der Waals surface area contributed by atoms with Gasteiger partial charge in [0.15, 0.2) is 5.76 Å². The molecule has 4 nitrogen and oxygen atoms in total. The fourth-order valence-corrected chi connectivity index (χ4v) is 4.07. The molecular weight excluding hydrogens is 355 g/mol. The number of benzene rings is 2. The molecule has 2 heterocycles. The summed E-state index contributed by atoms with van der Waals surface area (Å²) in [4.78, 5) is 14.3. The number of hydrogen-bond acceptors (Lipinski definition) is 2. The number of piperidine rings is 1. The Hall–Kier alpha value is -2.66. The normalized spacial score (nSPS) is 15.1. The molecule has 1 aliphatic heterocycles. The number of amides is 1. The van der Waals surface area contributed by atoms with Crippen LogP contribution in [0.3, 0.4) is 0 Å². The minimum atomic E-state index is -0.336. The summed E-state index contributed by atoms with van der Waals surface area (Å²) in [6.07, 6.45) is 3.92. The highest BCUT2D eigenvalue weighted by molar-refractivity contribution is 5.98. The van der Waals surface area contributed by atoms with Crippen LogP contribution in [0.2, 0.25) is 0 Å². The maximum Gasteiger partial charge on any atom is 0.287 e. The first-order valence-electron chi connectivity index (χ1n) is 9.99. The van der Waals surface area contributed by atoms with E-state index in [1.54, 1.807) is 17.9 Å². The Labute approximate surface area is 164 Å². The predicted molar refractivity (Wildman–Crippen MR) is 107 cm³/mol. The summed E-state index contributed by atoms with van der Waals surface area (Å²) < 4.78 is 19.2. The summed E-state index contributed by atoms with van der Waals surface area (Å²) in [5, 5.41) is 3.61. The molecule has 1 fully saturated rings. The average Bonchev–Trinajstić information content (AvgIpc) is 3.04. The molecule has 1 aliphatic rings. The number of fused-ring (bicyclic) bond motifs is 1. The summed E-state index contributed by atoms with van der Waals surface area (Å²) in [5.41, 5.74) is 3.60. The van der Waals surface area contributed by atoms with Crippen molar-refractivity contribution in [3.63, 3.8) is 0 Å². The van der Waals surface area contributed by atoms with Crippen LogP contribution in [0.1, 0.15) is 46.5 Å². The first-order chi connectivity index (χ1) is 13.6. The van der Waals surface area contributed by atoms with E-state index in [4.69, 9.17) is 4.42 Å². The fraction of sp³-hybridized carbons (Fsp3) is 0.348. The van der Waals surface area contributed by atoms with Crippen molar-refractivity contribution in [3.8, 4) is 0 Å². The van der Waals surface area contributed by atoms with Crippen LogP contribution < -0.4 is 10.2 Å². The highest BCUT2D eigenvalue weighted by Gasteiger charge is 2.19. The van der Waals surface area contributed by atoms with Crippen LogP contribution in [0.5, 0.6) is 0 Å². The number of carbonyl (C=O) groups is 1. The zero-order valence-corrected chi connectivity index (χ0v) is 16.2. The number of carbonyl (C=O) groups excluding carboxylic acids is 1. The molecule has 0 saturated carbocycles. The molecule has 0 unspecified atom stereocenters. The zero-order valence-electron chi connectivity index (χ0n) is 16.2. The van der Waals surface area contributed by atoms with E-state index in [9.17, 15) is 9.18 Å². The van der Waals surface area contributed by atoms with Crippen LogP contribution in [0.25, 0.3) is 11.0 Å². The summed E-state index contributed by atoms with van der Waals surface area (Å²) in [7, 11) is 0. The van der Waals surface area contributed by atoms with Crippen molar-refractivity contribution in [1.82, 2.24) is 5.32 Å². The molecule has 0 radical (unpaired) electrons. The monoisotopic (exact) mass is 381 g/mol. The summed E-state index contributed by atoms with van der Waals surface area (Å²) in [5.74, 6) is -0.355. The van der Waals surface area contributed by atoms with E-state index in [-0.39, 0.29) is 17.5 Å². The van der Waals surface area contributed by atoms with E-state index in [1.165, 1.54) is 50.0 Å². The standard InChI is InChI=1S/C23H25FN2O2/c1-16-20-13-19(24)9-10-21(20)28-22(16)23(27)25-14-17-7-3-4-8-18(17)15-26-11-5-2-6-12-26/h3-4,7-10,13H,2,5-6,11-12,14-15H2,1H3,(H,25,27)/p+1. The van der Waals surface area contributed by atoms with Gasteiger partial charge < -0.3 is 14.6 Å². The lowest BCUT2D eigenvalue weighted by Crippen LogP contribution is -3.11. The topological polar surface area (TPSA) is 46.7 Å². The van der Waals surface area contributed by atoms with Gasteiger partial charge in [0.05, 0.1) is 13.1 Å². The van der Waals surface area contributed by atoms with Crippen LogP contribution in [0.15, 0.2) is 46.9 Å². The van der Waals surface area contributed by atoms with Crippen molar-refractivity contribution in [2.75, 3.05) is 13.1 Å². The van der Waals surface area contributed by atoms with E-state index >= 15 is 0 Å². The van der Waals surface area contributed by atoms with Gasteiger partial charge in [0.1, 0.15) is 17.9 Å². The minimum Gasteiger partial charge on any atom is -0.451 e. The number of furan rings is 1. The molecule has 0 bridgehead atoms. The Morgan fingerprint density at radius 2 is 1.86 bits per heavy atom. The molecule has 5 heteroatoms. The minimum absolute atomic E-state index is 0.250. The Morgan fingerprint density at radius 3 is 2.64 bits per heavy atom. The van der Waals surface area contributed by atoms with Crippen molar-refractivity contribution >= 4 is 16.9 Å². The van der Waals surface area contributed by atoms with E-state index in [2.05, 4.69) is 23.5 Å². The van der Waals surface area contributed by atoms with Crippen molar-refractivity contribution < 1.29 is 18.5 Å². The zero-order chi connectivity index (χ0) is 19.5. The van der Waals surface area contributed by atoms with E-state index in [0.29, 0.717) is 23.1 Å². The lowest BCUT2D eigenvalue weighted by atomic mass is 10.0. The predicted octanol–water partition coefficient (Wildman–Crippen LogP) is 3.38. The fourth-order valence-electron chi connectivity index (χ4n) is 4.07. The largest absolute Gasteiger partial charge is 0.451 e. The quantitative estimate of drug-likeness (QED) is 0.712. The molecule has 146 valence electrons. The van der Waals surface area contributed by atoms with Crippen LogP contribution in [0.4, 0.5) is 4.39 Å². The lowest BCUT2D eigenvalue weighted by Gasteiger charge is -2.24. The molecule has 1 aromatic heterocycles. The third-order valence-electron chi connectivity index (χ3n) is 5.66. The Bertz CT molecular complexity index is 989. The molecule has 2 N–H and O–H groups in total. The van der Waals surface area contributed by atoms with Crippen molar-refractivity contribution in [3.05, 3.63) is 70.7 Å². The van der Waals surface area contributed by atoms with Crippen LogP contribution in [0, 0.1) is 12.7 Å². The molecule has 2 aromatic carbocycles. The van der Waals surface area contributed by atoms with E-state index in [0.717, 1.165) is 12.1 Å². The van der Waals surface area contributed by atoms with Crippen molar-refractivity contribution in [2.24, 2.45) is 0 Å². The summed E-state index contributed by atoms with van der Waals surface area (Å²) in [6, 6.07) is 12.6. The van der Waals surface area contributed by atoms with Crippen molar-refractivity contribution in [1.29, 1.82) is 0 Å². The van der Waals surface area contributed by atoms with Crippen LogP contribution in [-0.2, 0) is 13.1 Å². The van der Waals surface area contributed by atoms with Crippen LogP contribution in [-0.4, -0.2) is 19.0 Å².